The number of thiophene rings is 1. The molecule has 0 radical (unpaired) electrons. The smallest absolute Gasteiger partial charge is 0.410 e. The van der Waals surface area contributed by atoms with Crippen molar-refractivity contribution in [2.45, 2.75) is 45.0 Å². The van der Waals surface area contributed by atoms with Crippen LogP contribution in [0.15, 0.2) is 12.4 Å². The Morgan fingerprint density at radius 3 is 2.82 bits per heavy atom. The summed E-state index contributed by atoms with van der Waals surface area (Å²) in [4.78, 5) is 28.2. The average molecular weight is 421 g/mol. The molecule has 1 unspecified atom stereocenters. The fourth-order valence-corrected chi connectivity index (χ4v) is 5.97. The van der Waals surface area contributed by atoms with Crippen LogP contribution in [-0.4, -0.2) is 59.0 Å². The zero-order valence-corrected chi connectivity index (χ0v) is 18.7. The minimum absolute atomic E-state index is 0.145. The van der Waals surface area contributed by atoms with Gasteiger partial charge in [-0.15, -0.1) is 11.3 Å². The van der Waals surface area contributed by atoms with E-state index < -0.39 is 5.60 Å². The molecule has 1 spiro atoms. The van der Waals surface area contributed by atoms with Gasteiger partial charge in [-0.05, 0) is 45.9 Å². The molecule has 1 amide bonds. The second kappa shape index (κ2) is 7.37. The van der Waals surface area contributed by atoms with E-state index in [1.165, 1.54) is 4.88 Å². The maximum absolute atomic E-state index is 12.5. The summed E-state index contributed by atoms with van der Waals surface area (Å²) in [6.07, 6.45) is 5.73. The van der Waals surface area contributed by atoms with E-state index in [-0.39, 0.29) is 11.5 Å². The van der Waals surface area contributed by atoms with Gasteiger partial charge in [0.1, 0.15) is 22.6 Å². The summed E-state index contributed by atoms with van der Waals surface area (Å²) in [6, 6.07) is 2.25. The first-order valence-electron chi connectivity index (χ1n) is 9.74. The first-order valence-corrected chi connectivity index (χ1v) is 11.9. The van der Waals surface area contributed by atoms with Crippen LogP contribution in [0.4, 0.5) is 10.6 Å². The molecule has 0 aliphatic carbocycles. The van der Waals surface area contributed by atoms with Gasteiger partial charge in [0, 0.05) is 42.2 Å². The molecule has 2 aromatic rings. The molecule has 6 nitrogen and oxygen atoms in total. The highest BCUT2D eigenvalue weighted by molar-refractivity contribution is 7.97. The summed E-state index contributed by atoms with van der Waals surface area (Å²) in [5, 5.41) is 1.16. The van der Waals surface area contributed by atoms with E-state index in [9.17, 15) is 4.79 Å². The zero-order chi connectivity index (χ0) is 19.9. The van der Waals surface area contributed by atoms with E-state index >= 15 is 0 Å². The average Bonchev–Trinajstić information content (AvgIpc) is 3.32. The second-order valence-corrected chi connectivity index (χ2v) is 10.9. The van der Waals surface area contributed by atoms with Crippen molar-refractivity contribution in [2.75, 3.05) is 37.3 Å². The quantitative estimate of drug-likeness (QED) is 0.734. The van der Waals surface area contributed by atoms with E-state index in [4.69, 9.17) is 4.74 Å². The van der Waals surface area contributed by atoms with Gasteiger partial charge in [-0.1, -0.05) is 0 Å². The van der Waals surface area contributed by atoms with Gasteiger partial charge in [0.25, 0.3) is 0 Å². The minimum Gasteiger partial charge on any atom is -0.444 e. The number of fused-ring (bicyclic) bond motifs is 1. The highest BCUT2D eigenvalue weighted by Gasteiger charge is 2.46. The summed E-state index contributed by atoms with van der Waals surface area (Å²) in [6.45, 7) is 9.21. The number of hydrogen-bond donors (Lipinski definition) is 0. The van der Waals surface area contributed by atoms with Gasteiger partial charge >= 0.3 is 6.09 Å². The maximum atomic E-state index is 12.5. The van der Waals surface area contributed by atoms with E-state index in [1.807, 2.05) is 37.4 Å². The Labute approximate surface area is 174 Å². The van der Waals surface area contributed by atoms with Crippen LogP contribution in [0.25, 0.3) is 10.2 Å². The van der Waals surface area contributed by atoms with Gasteiger partial charge < -0.3 is 14.5 Å². The number of nitrogens with zero attached hydrogens (tertiary/aromatic N) is 4. The Kier molecular flexibility index (Phi) is 5.20. The molecule has 2 fully saturated rings. The topological polar surface area (TPSA) is 58.6 Å². The Morgan fingerprint density at radius 1 is 1.29 bits per heavy atom. The number of amides is 1. The Morgan fingerprint density at radius 2 is 2.07 bits per heavy atom. The maximum Gasteiger partial charge on any atom is 0.410 e. The molecule has 4 heterocycles. The van der Waals surface area contributed by atoms with Gasteiger partial charge in [0.2, 0.25) is 0 Å². The molecule has 2 aliphatic heterocycles. The Balaban J connectivity index is 1.49. The van der Waals surface area contributed by atoms with Crippen LogP contribution in [0, 0.1) is 5.41 Å². The van der Waals surface area contributed by atoms with Crippen LogP contribution in [0.5, 0.6) is 0 Å². The second-order valence-electron chi connectivity index (χ2n) is 8.89. The van der Waals surface area contributed by atoms with Crippen molar-refractivity contribution in [3.63, 3.8) is 0 Å². The van der Waals surface area contributed by atoms with Gasteiger partial charge in [0.15, 0.2) is 0 Å². The molecule has 0 N–H and O–H groups in total. The van der Waals surface area contributed by atoms with Crippen molar-refractivity contribution < 1.29 is 9.53 Å². The third-order valence-corrected chi connectivity index (χ3v) is 7.30. The van der Waals surface area contributed by atoms with Crippen LogP contribution < -0.4 is 4.90 Å². The molecular weight excluding hydrogens is 392 g/mol. The third-order valence-electron chi connectivity index (χ3n) is 5.47. The van der Waals surface area contributed by atoms with Crippen LogP contribution in [0.1, 0.15) is 38.5 Å². The summed E-state index contributed by atoms with van der Waals surface area (Å²) in [5.74, 6) is 2.05. The van der Waals surface area contributed by atoms with Gasteiger partial charge in [-0.3, -0.25) is 0 Å². The van der Waals surface area contributed by atoms with Gasteiger partial charge in [-0.2, -0.15) is 11.8 Å². The number of thioether (sulfide) groups is 1. The van der Waals surface area contributed by atoms with Crippen LogP contribution in [0.2, 0.25) is 0 Å². The first kappa shape index (κ1) is 19.8. The number of ether oxygens (including phenoxy) is 1. The number of rotatable bonds is 3. The first-order chi connectivity index (χ1) is 13.3. The lowest BCUT2D eigenvalue weighted by Gasteiger charge is -2.27. The standard InChI is InChI=1S/C20H28N4O2S2/c1-19(2,3)26-18(25)24-8-6-20(12-24)5-7-23(11-20)16-15-9-14(10-27-4)28-17(15)22-13-21-16/h9,13H,5-8,10-12H2,1-4H3. The number of carbonyl (C=O) groups is 1. The van der Waals surface area contributed by atoms with Crippen molar-refractivity contribution in [1.29, 1.82) is 0 Å². The summed E-state index contributed by atoms with van der Waals surface area (Å²) in [7, 11) is 0. The number of anilines is 1. The molecule has 1 atom stereocenters. The van der Waals surface area contributed by atoms with Crippen LogP contribution in [0.3, 0.4) is 0 Å². The van der Waals surface area contributed by atoms with E-state index in [1.54, 1.807) is 17.7 Å². The van der Waals surface area contributed by atoms with Crippen molar-refractivity contribution in [2.24, 2.45) is 5.41 Å². The summed E-state index contributed by atoms with van der Waals surface area (Å²) in [5.41, 5.74) is -0.305. The van der Waals surface area contributed by atoms with Crippen LogP contribution in [-0.2, 0) is 10.5 Å². The van der Waals surface area contributed by atoms with Crippen molar-refractivity contribution in [1.82, 2.24) is 14.9 Å². The lowest BCUT2D eigenvalue weighted by molar-refractivity contribution is 0.0276. The molecule has 4 rings (SSSR count). The fourth-order valence-electron chi connectivity index (χ4n) is 4.22. The lowest BCUT2D eigenvalue weighted by Crippen LogP contribution is -2.37. The van der Waals surface area contributed by atoms with Gasteiger partial charge in [0.05, 0.1) is 5.39 Å². The van der Waals surface area contributed by atoms with Crippen LogP contribution >= 0.6 is 23.1 Å². The molecule has 0 saturated carbocycles. The predicted molar refractivity (Wildman–Crippen MR) is 116 cm³/mol. The largest absolute Gasteiger partial charge is 0.444 e. The molecule has 0 aromatic carbocycles. The normalized spacial score (nSPS) is 22.6. The van der Waals surface area contributed by atoms with Gasteiger partial charge in [-0.25, -0.2) is 14.8 Å². The molecular formula is C20H28N4O2S2. The number of carbonyl (C=O) groups excluding carboxylic acids is 1. The predicted octanol–water partition coefficient (Wildman–Crippen LogP) is 4.39. The monoisotopic (exact) mass is 420 g/mol. The van der Waals surface area contributed by atoms with Crippen molar-refractivity contribution in [3.05, 3.63) is 17.3 Å². The molecule has 28 heavy (non-hydrogen) atoms. The highest BCUT2D eigenvalue weighted by Crippen LogP contribution is 2.43. The van der Waals surface area contributed by atoms with E-state index in [0.717, 1.165) is 60.8 Å². The van der Waals surface area contributed by atoms with E-state index in [2.05, 4.69) is 27.2 Å². The SMILES string of the molecule is CSCc1cc2c(N3CCC4(CCN(C(=O)OC(C)(C)C)C4)C3)ncnc2s1. The molecule has 2 saturated heterocycles. The number of aromatic nitrogens is 2. The molecule has 0 bridgehead atoms. The zero-order valence-electron chi connectivity index (χ0n) is 17.0. The lowest BCUT2D eigenvalue weighted by atomic mass is 9.86. The number of likely N-dealkylation sites (tertiary alicyclic amines) is 1. The molecule has 2 aromatic heterocycles. The molecule has 2 aliphatic rings. The number of hydrogen-bond acceptors (Lipinski definition) is 7. The third kappa shape index (κ3) is 3.94. The summed E-state index contributed by atoms with van der Waals surface area (Å²) >= 11 is 3.59. The molecule has 152 valence electrons. The summed E-state index contributed by atoms with van der Waals surface area (Å²) < 4.78 is 5.57. The fraction of sp³-hybridized carbons (Fsp3) is 0.650. The van der Waals surface area contributed by atoms with Crippen molar-refractivity contribution in [3.8, 4) is 0 Å². The van der Waals surface area contributed by atoms with E-state index in [0.29, 0.717) is 0 Å². The Hall–Kier alpha value is -1.54. The molecule has 8 heteroatoms. The Bertz CT molecular complexity index is 879. The highest BCUT2D eigenvalue weighted by atomic mass is 32.2. The minimum atomic E-state index is -0.450. The van der Waals surface area contributed by atoms with Crippen molar-refractivity contribution >= 4 is 45.2 Å².